The summed E-state index contributed by atoms with van der Waals surface area (Å²) in [7, 11) is 0. The number of hydrazone groups is 1. The zero-order chi connectivity index (χ0) is 28.3. The van der Waals surface area contributed by atoms with E-state index in [4.69, 9.17) is 5.11 Å². The van der Waals surface area contributed by atoms with Gasteiger partial charge in [-0.3, -0.25) is 4.79 Å². The van der Waals surface area contributed by atoms with E-state index in [2.05, 4.69) is 22.8 Å². The number of carboxylic acids is 1. The summed E-state index contributed by atoms with van der Waals surface area (Å²) in [6, 6.07) is 21.5. The van der Waals surface area contributed by atoms with Crippen molar-refractivity contribution in [2.24, 2.45) is 5.10 Å². The molecule has 9 heteroatoms. The maximum atomic E-state index is 13.4. The second-order valence-electron chi connectivity index (χ2n) is 9.54. The highest BCUT2D eigenvalue weighted by Gasteiger charge is 2.34. The van der Waals surface area contributed by atoms with Crippen molar-refractivity contribution in [1.82, 2.24) is 5.43 Å². The van der Waals surface area contributed by atoms with Crippen LogP contribution in [0.5, 0.6) is 0 Å². The molecule has 3 N–H and O–H groups in total. The summed E-state index contributed by atoms with van der Waals surface area (Å²) in [4.78, 5) is 39.6. The second kappa shape index (κ2) is 14.3. The average molecular weight is 559 g/mol. The van der Waals surface area contributed by atoms with Crippen LogP contribution in [0.3, 0.4) is 0 Å². The van der Waals surface area contributed by atoms with Crippen molar-refractivity contribution < 1.29 is 19.5 Å². The van der Waals surface area contributed by atoms with Gasteiger partial charge in [-0.2, -0.15) is 5.10 Å². The van der Waals surface area contributed by atoms with Crippen LogP contribution in [0.15, 0.2) is 82.8 Å². The molecule has 3 aromatic carbocycles. The Morgan fingerprint density at radius 1 is 0.950 bits per heavy atom. The number of hydrogen-bond donors (Lipinski definition) is 3. The Balaban J connectivity index is 1.42. The maximum absolute atomic E-state index is 13.4. The number of urea groups is 1. The fraction of sp³-hybridized carbons (Fsp3) is 0.290. The normalized spacial score (nSPS) is 13.4. The van der Waals surface area contributed by atoms with Gasteiger partial charge in [0.2, 0.25) is 0 Å². The lowest BCUT2D eigenvalue weighted by Gasteiger charge is -2.16. The molecule has 3 amide bonds. The summed E-state index contributed by atoms with van der Waals surface area (Å²) in [6.45, 7) is 2.76. The first-order chi connectivity index (χ1) is 19.5. The summed E-state index contributed by atoms with van der Waals surface area (Å²) < 4.78 is 0. The van der Waals surface area contributed by atoms with E-state index in [9.17, 15) is 14.4 Å². The number of anilines is 2. The number of aryl methyl sites for hydroxylation is 1. The number of hydrogen-bond acceptors (Lipinski definition) is 5. The van der Waals surface area contributed by atoms with E-state index in [1.807, 2.05) is 48.5 Å². The minimum Gasteiger partial charge on any atom is -0.478 e. The summed E-state index contributed by atoms with van der Waals surface area (Å²) >= 11 is 1.69. The van der Waals surface area contributed by atoms with Gasteiger partial charge < -0.3 is 15.3 Å². The van der Waals surface area contributed by atoms with Gasteiger partial charge in [0.1, 0.15) is 0 Å². The van der Waals surface area contributed by atoms with Crippen LogP contribution in [0.1, 0.15) is 60.5 Å². The Morgan fingerprint density at radius 2 is 1.73 bits per heavy atom. The van der Waals surface area contributed by atoms with Crippen LogP contribution in [0.25, 0.3) is 0 Å². The molecule has 4 rings (SSSR count). The largest absolute Gasteiger partial charge is 0.478 e. The third-order valence-corrected chi connectivity index (χ3v) is 7.66. The summed E-state index contributed by atoms with van der Waals surface area (Å²) in [5.74, 6) is -0.275. The Hall–Kier alpha value is -4.11. The molecule has 3 aromatic rings. The Labute approximate surface area is 238 Å². The SMILES string of the molecule is CCCCCCN1C(=O)/C(=N/NC(=O)Nc2ccccc2)c2cc(SCCCc3ccc(C(=O)O)cc3)ccc21. The lowest BCUT2D eigenvalue weighted by molar-refractivity contribution is -0.112. The molecule has 0 radical (unpaired) electrons. The first-order valence-electron chi connectivity index (χ1n) is 13.6. The number of unbranched alkanes of at least 4 members (excludes halogenated alkanes) is 3. The number of benzene rings is 3. The molecule has 208 valence electrons. The van der Waals surface area contributed by atoms with Gasteiger partial charge in [-0.05, 0) is 73.0 Å². The number of carboxylic acid groups (broad SMARTS) is 1. The van der Waals surface area contributed by atoms with E-state index in [0.29, 0.717) is 12.2 Å². The van der Waals surface area contributed by atoms with Crippen molar-refractivity contribution in [2.45, 2.75) is 50.3 Å². The van der Waals surface area contributed by atoms with Gasteiger partial charge in [-0.25, -0.2) is 15.0 Å². The predicted octanol–water partition coefficient (Wildman–Crippen LogP) is 6.56. The summed E-state index contributed by atoms with van der Waals surface area (Å²) in [5.41, 5.74) is 6.27. The van der Waals surface area contributed by atoms with Crippen LogP contribution in [-0.4, -0.2) is 41.0 Å². The van der Waals surface area contributed by atoms with E-state index in [1.54, 1.807) is 40.9 Å². The molecule has 0 spiro atoms. The van der Waals surface area contributed by atoms with Crippen molar-refractivity contribution in [3.05, 3.63) is 89.5 Å². The number of nitrogens with zero attached hydrogens (tertiary/aromatic N) is 2. The standard InChI is InChI=1S/C31H34N4O4S/c1-2-3-4-8-19-35-27-18-17-25(40-20-9-10-22-13-15-23(16-14-22)30(37)38)21-26(27)28(29(35)36)33-34-31(39)32-24-11-6-5-7-12-24/h5-7,11-18,21H,2-4,8-10,19-20H2,1H3,(H,37,38)(H2,32,34,39)/b33-28+. The minimum atomic E-state index is -0.924. The van der Waals surface area contributed by atoms with Gasteiger partial charge in [-0.15, -0.1) is 11.8 Å². The van der Waals surface area contributed by atoms with E-state index >= 15 is 0 Å². The van der Waals surface area contributed by atoms with Gasteiger partial charge in [0.15, 0.2) is 5.71 Å². The monoisotopic (exact) mass is 558 g/mol. The maximum Gasteiger partial charge on any atom is 0.339 e. The predicted molar refractivity (Wildman–Crippen MR) is 161 cm³/mol. The fourth-order valence-corrected chi connectivity index (χ4v) is 5.37. The zero-order valence-corrected chi connectivity index (χ0v) is 23.4. The lowest BCUT2D eigenvalue weighted by atomic mass is 10.1. The minimum absolute atomic E-state index is 0.210. The molecular formula is C31H34N4O4S. The third-order valence-electron chi connectivity index (χ3n) is 6.58. The van der Waals surface area contributed by atoms with Gasteiger partial charge in [0.05, 0.1) is 11.3 Å². The molecule has 40 heavy (non-hydrogen) atoms. The van der Waals surface area contributed by atoms with E-state index in [1.165, 1.54) is 0 Å². The number of aromatic carboxylic acids is 1. The van der Waals surface area contributed by atoms with E-state index in [0.717, 1.165) is 66.0 Å². The van der Waals surface area contributed by atoms with Crippen LogP contribution in [0.4, 0.5) is 16.2 Å². The van der Waals surface area contributed by atoms with Gasteiger partial charge in [0.25, 0.3) is 5.91 Å². The molecule has 0 saturated carbocycles. The number of carbonyl (C=O) groups excluding carboxylic acids is 2. The molecule has 0 fully saturated rings. The van der Waals surface area contributed by atoms with Gasteiger partial charge in [0, 0.05) is 22.7 Å². The van der Waals surface area contributed by atoms with E-state index in [-0.39, 0.29) is 17.2 Å². The van der Waals surface area contributed by atoms with Crippen molar-refractivity contribution in [1.29, 1.82) is 0 Å². The van der Waals surface area contributed by atoms with Gasteiger partial charge in [-0.1, -0.05) is 56.5 Å². The zero-order valence-electron chi connectivity index (χ0n) is 22.6. The molecule has 1 heterocycles. The van der Waals surface area contributed by atoms with Crippen molar-refractivity contribution >= 4 is 46.8 Å². The van der Waals surface area contributed by atoms with E-state index < -0.39 is 12.0 Å². The molecule has 0 saturated heterocycles. The Kier molecular flexibility index (Phi) is 10.3. The highest BCUT2D eigenvalue weighted by Crippen LogP contribution is 2.34. The molecule has 0 unspecified atom stereocenters. The summed E-state index contributed by atoms with van der Waals surface area (Å²) in [5, 5.41) is 16.0. The molecule has 1 aliphatic heterocycles. The number of thioether (sulfide) groups is 1. The second-order valence-corrected chi connectivity index (χ2v) is 10.7. The molecule has 1 aliphatic rings. The number of amides is 3. The van der Waals surface area contributed by atoms with Crippen LogP contribution in [0.2, 0.25) is 0 Å². The topological polar surface area (TPSA) is 111 Å². The molecule has 0 aliphatic carbocycles. The van der Waals surface area contributed by atoms with Crippen molar-refractivity contribution in [2.75, 3.05) is 22.5 Å². The number of fused-ring (bicyclic) bond motifs is 1. The molecule has 0 atom stereocenters. The molecule has 8 nitrogen and oxygen atoms in total. The lowest BCUT2D eigenvalue weighted by Crippen LogP contribution is -2.33. The Bertz CT molecular complexity index is 1360. The summed E-state index contributed by atoms with van der Waals surface area (Å²) in [6.07, 6.45) is 5.95. The molecule has 0 aromatic heterocycles. The first-order valence-corrected chi connectivity index (χ1v) is 14.6. The van der Waals surface area contributed by atoms with Crippen LogP contribution in [-0.2, 0) is 11.2 Å². The van der Waals surface area contributed by atoms with Crippen LogP contribution < -0.4 is 15.6 Å². The van der Waals surface area contributed by atoms with Crippen LogP contribution >= 0.6 is 11.8 Å². The molecular weight excluding hydrogens is 524 g/mol. The smallest absolute Gasteiger partial charge is 0.339 e. The number of rotatable bonds is 13. The highest BCUT2D eigenvalue weighted by atomic mass is 32.2. The average Bonchev–Trinajstić information content (AvgIpc) is 3.22. The highest BCUT2D eigenvalue weighted by molar-refractivity contribution is 7.99. The quantitative estimate of drug-likeness (QED) is 0.125. The Morgan fingerprint density at radius 3 is 2.45 bits per heavy atom. The first kappa shape index (κ1) is 28.9. The molecule has 0 bridgehead atoms. The number of nitrogens with one attached hydrogen (secondary N) is 2. The number of carbonyl (C=O) groups is 3. The van der Waals surface area contributed by atoms with Gasteiger partial charge >= 0.3 is 12.0 Å². The van der Waals surface area contributed by atoms with Crippen LogP contribution in [0, 0.1) is 0 Å². The van der Waals surface area contributed by atoms with Crippen molar-refractivity contribution in [3.63, 3.8) is 0 Å². The fourth-order valence-electron chi connectivity index (χ4n) is 4.48. The van der Waals surface area contributed by atoms with Crippen molar-refractivity contribution in [3.8, 4) is 0 Å². The number of para-hydroxylation sites is 1. The third kappa shape index (κ3) is 7.72.